The van der Waals surface area contributed by atoms with Crippen LogP contribution in [0.15, 0.2) is 30.5 Å². The Labute approximate surface area is 279 Å². The first-order valence-electron chi connectivity index (χ1n) is 14.4. The number of rotatable bonds is 14. The molecule has 0 bridgehead atoms. The molecule has 0 saturated carbocycles. The Morgan fingerprint density at radius 1 is 0.939 bits per heavy atom. The maximum Gasteiger partial charge on any atom is 0.434 e. The van der Waals surface area contributed by atoms with E-state index >= 15 is 0 Å². The van der Waals surface area contributed by atoms with Gasteiger partial charge in [0.15, 0.2) is 30.5 Å². The molecule has 0 radical (unpaired) electrons. The Kier molecular flexibility index (Phi) is 11.4. The third kappa shape index (κ3) is 7.73. The number of carbonyl (C=O) groups is 3. The van der Waals surface area contributed by atoms with Crippen molar-refractivity contribution >= 4 is 34.8 Å². The van der Waals surface area contributed by atoms with Crippen molar-refractivity contribution < 1.29 is 47.7 Å². The molecule has 0 spiro atoms. The quantitative estimate of drug-likeness (QED) is 0.0647. The highest BCUT2D eigenvalue weighted by Crippen LogP contribution is 2.39. The molecule has 0 aliphatic rings. The summed E-state index contributed by atoms with van der Waals surface area (Å²) in [6.07, 6.45) is -0.430. The van der Waals surface area contributed by atoms with Crippen molar-refractivity contribution in [2.24, 2.45) is 7.05 Å². The van der Waals surface area contributed by atoms with Gasteiger partial charge in [0.2, 0.25) is 11.5 Å². The normalized spacial score (nSPS) is 10.4. The second kappa shape index (κ2) is 15.9. The maximum atomic E-state index is 13.9. The molecule has 18 nitrogen and oxygen atoms in total. The summed E-state index contributed by atoms with van der Waals surface area (Å²) in [5.41, 5.74) is 1.37. The molecule has 2 heterocycles. The van der Waals surface area contributed by atoms with E-state index in [0.717, 1.165) is 0 Å². The minimum Gasteiger partial charge on any atom is -0.495 e. The van der Waals surface area contributed by atoms with Crippen molar-refractivity contribution in [1.82, 2.24) is 30.0 Å². The summed E-state index contributed by atoms with van der Waals surface area (Å²) in [6, 6.07) is 6.32. The van der Waals surface area contributed by atoms with Crippen LogP contribution in [0.4, 0.5) is 15.5 Å². The van der Waals surface area contributed by atoms with E-state index in [1.807, 2.05) is 0 Å². The lowest BCUT2D eigenvalue weighted by Crippen LogP contribution is -2.35. The summed E-state index contributed by atoms with van der Waals surface area (Å²) >= 11 is 0. The summed E-state index contributed by atoms with van der Waals surface area (Å²) in [4.78, 5) is 52.4. The molecule has 18 heteroatoms. The number of hydrogen-bond donors (Lipinski definition) is 2. The second-order valence-corrected chi connectivity index (χ2v) is 9.86. The van der Waals surface area contributed by atoms with E-state index in [-0.39, 0.29) is 48.4 Å². The average molecular weight is 680 g/mol. The lowest BCUT2D eigenvalue weighted by atomic mass is 10.0. The number of aromatic nitrogens is 4. The third-order valence-corrected chi connectivity index (χ3v) is 7.04. The molecule has 0 atom stereocenters. The average Bonchev–Trinajstić information content (AvgIpc) is 3.67. The number of benzene rings is 2. The largest absolute Gasteiger partial charge is 0.495 e. The van der Waals surface area contributed by atoms with Crippen LogP contribution in [0.3, 0.4) is 0 Å². The molecule has 2 N–H and O–H groups in total. The predicted molar refractivity (Wildman–Crippen MR) is 171 cm³/mol. The van der Waals surface area contributed by atoms with Crippen molar-refractivity contribution in [3.8, 4) is 34.8 Å². The Morgan fingerprint density at radius 3 is 2.12 bits per heavy atom. The monoisotopic (exact) mass is 679 g/mol. The lowest BCUT2D eigenvalue weighted by molar-refractivity contribution is -0.396. The van der Waals surface area contributed by atoms with Crippen LogP contribution in [0.25, 0.3) is 10.9 Å². The van der Waals surface area contributed by atoms with E-state index in [9.17, 15) is 24.5 Å². The Hall–Kier alpha value is -6.51. The molecular weight excluding hydrogens is 646 g/mol. The van der Waals surface area contributed by atoms with E-state index in [2.05, 4.69) is 32.6 Å². The van der Waals surface area contributed by atoms with Crippen molar-refractivity contribution in [3.05, 3.63) is 63.1 Å². The van der Waals surface area contributed by atoms with E-state index in [0.29, 0.717) is 33.7 Å². The van der Waals surface area contributed by atoms with Crippen LogP contribution >= 0.6 is 0 Å². The highest BCUT2D eigenvalue weighted by Gasteiger charge is 2.25. The number of nitrogens with zero attached hydrogens (tertiary/aromatic N) is 5. The lowest BCUT2D eigenvalue weighted by Gasteiger charge is -2.13. The molecule has 2 aromatic heterocycles. The fourth-order valence-corrected chi connectivity index (χ4v) is 4.71. The molecule has 0 aliphatic carbocycles. The fraction of sp³-hybridized carbons (Fsp3) is 0.323. The van der Waals surface area contributed by atoms with Crippen LogP contribution in [0.1, 0.15) is 34.2 Å². The van der Waals surface area contributed by atoms with Crippen LogP contribution in [-0.4, -0.2) is 83.8 Å². The molecule has 2 amide bonds. The van der Waals surface area contributed by atoms with Crippen LogP contribution in [0.2, 0.25) is 0 Å². The molecule has 0 saturated heterocycles. The number of imidazole rings is 1. The number of nitro groups is 1. The number of carbonyl (C=O) groups excluding carboxylic acids is 3. The van der Waals surface area contributed by atoms with Gasteiger partial charge in [-0.3, -0.25) is 4.79 Å². The summed E-state index contributed by atoms with van der Waals surface area (Å²) in [5, 5.41) is 20.8. The maximum absolute atomic E-state index is 13.9. The zero-order valence-electron chi connectivity index (χ0n) is 27.4. The van der Waals surface area contributed by atoms with Crippen LogP contribution < -0.4 is 29.6 Å². The number of ketones is 1. The van der Waals surface area contributed by atoms with E-state index < -0.39 is 29.6 Å². The highest BCUT2D eigenvalue weighted by atomic mass is 16.6. The topological polar surface area (TPSA) is 209 Å². The minimum atomic E-state index is -0.843. The molecule has 258 valence electrons. The van der Waals surface area contributed by atoms with Crippen molar-refractivity contribution in [2.75, 3.05) is 41.5 Å². The van der Waals surface area contributed by atoms with Gasteiger partial charge in [0.1, 0.15) is 17.6 Å². The number of ether oxygens (including phenoxy) is 6. The number of hydrogen-bond acceptors (Lipinski definition) is 13. The second-order valence-electron chi connectivity index (χ2n) is 9.86. The van der Waals surface area contributed by atoms with Gasteiger partial charge < -0.3 is 49.2 Å². The zero-order valence-corrected chi connectivity index (χ0v) is 27.4. The van der Waals surface area contributed by atoms with Gasteiger partial charge in [0.05, 0.1) is 46.6 Å². The van der Waals surface area contributed by atoms with Crippen LogP contribution in [0.5, 0.6) is 23.0 Å². The number of alkyl carbamates (subject to hydrolysis) is 2. The zero-order chi connectivity index (χ0) is 35.7. The van der Waals surface area contributed by atoms with Gasteiger partial charge in [-0.15, -0.1) is 5.92 Å². The van der Waals surface area contributed by atoms with Gasteiger partial charge in [0.25, 0.3) is 0 Å². The molecular formula is C31H33N7O11. The van der Waals surface area contributed by atoms with E-state index in [1.54, 1.807) is 19.1 Å². The van der Waals surface area contributed by atoms with Gasteiger partial charge in [-0.25, -0.2) is 18.8 Å². The number of methoxy groups -OCH3 is 4. The number of amides is 2. The van der Waals surface area contributed by atoms with Gasteiger partial charge in [-0.05, 0) is 36.1 Å². The highest BCUT2D eigenvalue weighted by molar-refractivity contribution is 6.16. The van der Waals surface area contributed by atoms with Crippen LogP contribution in [-0.2, 0) is 29.9 Å². The van der Waals surface area contributed by atoms with Crippen molar-refractivity contribution in [2.45, 2.75) is 20.3 Å². The SMILES string of the molecule is CC#Cc1c(OC)ccc2c(C(=O)c3cc(OC)c(OC)c(OC)c3)nn(COC(=O)NCCNC(=O)OCc3cnc([N+](=O)[O-])n3C)c12. The summed E-state index contributed by atoms with van der Waals surface area (Å²) in [6.45, 7) is 0.916. The third-order valence-electron chi connectivity index (χ3n) is 7.04. The Balaban J connectivity index is 1.46. The van der Waals surface area contributed by atoms with Gasteiger partial charge in [0, 0.05) is 24.0 Å². The minimum absolute atomic E-state index is 0.0228. The molecule has 49 heavy (non-hydrogen) atoms. The van der Waals surface area contributed by atoms with Crippen molar-refractivity contribution in [3.63, 3.8) is 0 Å². The van der Waals surface area contributed by atoms with E-state index in [1.165, 1.54) is 63.1 Å². The molecule has 4 rings (SSSR count). The Bertz CT molecular complexity index is 1930. The van der Waals surface area contributed by atoms with E-state index in [4.69, 9.17) is 28.4 Å². The smallest absolute Gasteiger partial charge is 0.434 e. The van der Waals surface area contributed by atoms with Crippen LogP contribution in [0, 0.1) is 22.0 Å². The van der Waals surface area contributed by atoms with Gasteiger partial charge >= 0.3 is 18.1 Å². The molecule has 0 fully saturated rings. The number of nitrogens with one attached hydrogen (secondary N) is 2. The standard InChI is InChI=1S/C31H33N7O11/c1-7-8-20-22(44-3)10-9-21-25(27(39)18-13-23(45-4)28(47-6)24(14-18)46-5)35-37(26(20)21)17-49-31(41)33-12-11-32-30(40)48-16-19-15-34-29(36(19)2)38(42)43/h9-10,13-15H,11-12,16-17H2,1-6H3,(H,32,40)(H,33,41). The predicted octanol–water partition coefficient (Wildman–Crippen LogP) is 2.92. The molecule has 4 aromatic rings. The summed E-state index contributed by atoms with van der Waals surface area (Å²) < 4.78 is 34.6. The summed E-state index contributed by atoms with van der Waals surface area (Å²) in [5.74, 6) is 6.21. The first kappa shape index (κ1) is 35.3. The fourth-order valence-electron chi connectivity index (χ4n) is 4.71. The van der Waals surface area contributed by atoms with Crippen molar-refractivity contribution in [1.29, 1.82) is 0 Å². The molecule has 2 aromatic carbocycles. The number of fused-ring (bicyclic) bond motifs is 1. The van der Waals surface area contributed by atoms with Gasteiger partial charge in [-0.1, -0.05) is 10.9 Å². The van der Waals surface area contributed by atoms with Gasteiger partial charge in [-0.2, -0.15) is 5.10 Å². The molecule has 0 unspecified atom stereocenters. The molecule has 0 aliphatic heterocycles. The first-order chi connectivity index (χ1) is 23.6. The Morgan fingerprint density at radius 2 is 1.57 bits per heavy atom. The summed E-state index contributed by atoms with van der Waals surface area (Å²) in [7, 11) is 7.21. The first-order valence-corrected chi connectivity index (χ1v) is 14.4.